The molecule has 0 radical (unpaired) electrons. The third-order valence-electron chi connectivity index (χ3n) is 3.02. The number of hydrogen-bond acceptors (Lipinski definition) is 4. The monoisotopic (exact) mass is 258 g/mol. The van der Waals surface area contributed by atoms with Crippen molar-refractivity contribution in [1.29, 1.82) is 0 Å². The fourth-order valence-electron chi connectivity index (χ4n) is 2.10. The number of carbonyl (C=O) groups is 1. The van der Waals surface area contributed by atoms with E-state index in [-0.39, 0.29) is 18.2 Å². The SMILES string of the molecule is CCOC(CNC(=O)C1CCCCCN1)OCC. The zero-order chi connectivity index (χ0) is 13.2. The van der Waals surface area contributed by atoms with E-state index >= 15 is 0 Å². The maximum absolute atomic E-state index is 12.0. The average Bonchev–Trinajstić information content (AvgIpc) is 2.65. The van der Waals surface area contributed by atoms with E-state index in [1.807, 2.05) is 13.8 Å². The molecular formula is C13H26N2O3. The summed E-state index contributed by atoms with van der Waals surface area (Å²) in [4.78, 5) is 12.0. The first kappa shape index (κ1) is 15.4. The van der Waals surface area contributed by atoms with E-state index in [0.717, 1.165) is 25.8 Å². The summed E-state index contributed by atoms with van der Waals surface area (Å²) >= 11 is 0. The van der Waals surface area contributed by atoms with Gasteiger partial charge in [0.1, 0.15) is 0 Å². The van der Waals surface area contributed by atoms with Crippen LogP contribution in [-0.4, -0.2) is 44.5 Å². The molecule has 0 aromatic rings. The van der Waals surface area contributed by atoms with Gasteiger partial charge in [-0.25, -0.2) is 0 Å². The predicted molar refractivity (Wildman–Crippen MR) is 70.3 cm³/mol. The fourth-order valence-corrected chi connectivity index (χ4v) is 2.10. The lowest BCUT2D eigenvalue weighted by Crippen LogP contribution is -2.46. The van der Waals surface area contributed by atoms with Gasteiger partial charge in [-0.2, -0.15) is 0 Å². The first-order valence-corrected chi connectivity index (χ1v) is 7.02. The first-order valence-electron chi connectivity index (χ1n) is 7.02. The predicted octanol–water partition coefficient (Wildman–Crippen LogP) is 1.03. The smallest absolute Gasteiger partial charge is 0.237 e. The number of nitrogens with one attached hydrogen (secondary N) is 2. The molecule has 1 atom stereocenters. The van der Waals surface area contributed by atoms with E-state index in [1.165, 1.54) is 6.42 Å². The Morgan fingerprint density at radius 3 is 2.67 bits per heavy atom. The summed E-state index contributed by atoms with van der Waals surface area (Å²) in [7, 11) is 0. The van der Waals surface area contributed by atoms with E-state index in [2.05, 4.69) is 10.6 Å². The molecule has 1 rings (SSSR count). The highest BCUT2D eigenvalue weighted by Gasteiger charge is 2.20. The van der Waals surface area contributed by atoms with Gasteiger partial charge < -0.3 is 20.1 Å². The van der Waals surface area contributed by atoms with Gasteiger partial charge >= 0.3 is 0 Å². The zero-order valence-corrected chi connectivity index (χ0v) is 11.5. The van der Waals surface area contributed by atoms with Crippen molar-refractivity contribution in [2.75, 3.05) is 26.3 Å². The summed E-state index contributed by atoms with van der Waals surface area (Å²) in [5.74, 6) is 0.0568. The molecule has 0 spiro atoms. The van der Waals surface area contributed by atoms with Crippen molar-refractivity contribution in [3.63, 3.8) is 0 Å². The van der Waals surface area contributed by atoms with Crippen LogP contribution < -0.4 is 10.6 Å². The molecule has 1 amide bonds. The third-order valence-corrected chi connectivity index (χ3v) is 3.02. The molecule has 1 aliphatic heterocycles. The Hall–Kier alpha value is -0.650. The van der Waals surface area contributed by atoms with Gasteiger partial charge in [-0.1, -0.05) is 12.8 Å². The molecule has 1 fully saturated rings. The molecule has 1 saturated heterocycles. The number of carbonyl (C=O) groups excluding carboxylic acids is 1. The Labute approximate surface area is 110 Å². The molecule has 1 heterocycles. The van der Waals surface area contributed by atoms with Crippen LogP contribution in [0.3, 0.4) is 0 Å². The molecule has 5 nitrogen and oxygen atoms in total. The highest BCUT2D eigenvalue weighted by molar-refractivity contribution is 5.81. The second kappa shape index (κ2) is 9.30. The summed E-state index contributed by atoms with van der Waals surface area (Å²) in [6.45, 7) is 6.35. The lowest BCUT2D eigenvalue weighted by molar-refractivity contribution is -0.141. The molecule has 2 N–H and O–H groups in total. The van der Waals surface area contributed by atoms with Gasteiger partial charge in [0.05, 0.1) is 12.6 Å². The van der Waals surface area contributed by atoms with Gasteiger partial charge in [0.15, 0.2) is 6.29 Å². The molecule has 0 bridgehead atoms. The quantitative estimate of drug-likeness (QED) is 0.670. The Bertz CT molecular complexity index is 222. The minimum absolute atomic E-state index is 0.0568. The van der Waals surface area contributed by atoms with Crippen molar-refractivity contribution in [2.24, 2.45) is 0 Å². The summed E-state index contributed by atoms with van der Waals surface area (Å²) in [6, 6.07) is -0.0589. The van der Waals surface area contributed by atoms with Gasteiger partial charge in [-0.15, -0.1) is 0 Å². The lowest BCUT2D eigenvalue weighted by atomic mass is 10.1. The lowest BCUT2D eigenvalue weighted by Gasteiger charge is -2.20. The topological polar surface area (TPSA) is 59.6 Å². The van der Waals surface area contributed by atoms with Crippen molar-refractivity contribution >= 4 is 5.91 Å². The van der Waals surface area contributed by atoms with E-state index < -0.39 is 0 Å². The minimum Gasteiger partial charge on any atom is -0.351 e. The Morgan fingerprint density at radius 1 is 1.28 bits per heavy atom. The standard InChI is InChI=1S/C13H26N2O3/c1-3-17-12(18-4-2)10-15-13(16)11-8-6-5-7-9-14-11/h11-12,14H,3-10H2,1-2H3,(H,15,16). The largest absolute Gasteiger partial charge is 0.351 e. The van der Waals surface area contributed by atoms with Crippen LogP contribution in [0, 0.1) is 0 Å². The number of ether oxygens (including phenoxy) is 2. The van der Waals surface area contributed by atoms with Crippen LogP contribution in [0.5, 0.6) is 0 Å². The van der Waals surface area contributed by atoms with Crippen LogP contribution in [0.15, 0.2) is 0 Å². The zero-order valence-electron chi connectivity index (χ0n) is 11.5. The molecule has 0 aromatic heterocycles. The Kier molecular flexibility index (Phi) is 7.96. The molecule has 5 heteroatoms. The van der Waals surface area contributed by atoms with Crippen molar-refractivity contribution < 1.29 is 14.3 Å². The summed E-state index contributed by atoms with van der Waals surface area (Å²) in [5.41, 5.74) is 0. The van der Waals surface area contributed by atoms with Crippen molar-refractivity contribution in [3.05, 3.63) is 0 Å². The van der Waals surface area contributed by atoms with Gasteiger partial charge in [-0.3, -0.25) is 4.79 Å². The maximum atomic E-state index is 12.0. The summed E-state index contributed by atoms with van der Waals surface area (Å²) in [6.07, 6.45) is 4.06. The van der Waals surface area contributed by atoms with Crippen LogP contribution in [0.4, 0.5) is 0 Å². The van der Waals surface area contributed by atoms with Crippen molar-refractivity contribution in [2.45, 2.75) is 51.9 Å². The molecule has 0 saturated carbocycles. The van der Waals surface area contributed by atoms with E-state index in [4.69, 9.17) is 9.47 Å². The highest BCUT2D eigenvalue weighted by Crippen LogP contribution is 2.08. The normalized spacial score (nSPS) is 20.7. The molecule has 18 heavy (non-hydrogen) atoms. The second-order valence-electron chi connectivity index (χ2n) is 4.44. The van der Waals surface area contributed by atoms with Crippen LogP contribution in [-0.2, 0) is 14.3 Å². The number of amides is 1. The van der Waals surface area contributed by atoms with Gasteiger partial charge in [0.25, 0.3) is 0 Å². The highest BCUT2D eigenvalue weighted by atomic mass is 16.7. The average molecular weight is 258 g/mol. The van der Waals surface area contributed by atoms with E-state index in [0.29, 0.717) is 19.8 Å². The molecule has 0 aromatic carbocycles. The van der Waals surface area contributed by atoms with Crippen LogP contribution in [0.25, 0.3) is 0 Å². The summed E-state index contributed by atoms with van der Waals surface area (Å²) in [5, 5.41) is 6.17. The molecular weight excluding hydrogens is 232 g/mol. The second-order valence-corrected chi connectivity index (χ2v) is 4.44. The van der Waals surface area contributed by atoms with Crippen molar-refractivity contribution in [3.8, 4) is 0 Å². The number of rotatable bonds is 7. The van der Waals surface area contributed by atoms with E-state index in [9.17, 15) is 4.79 Å². The fraction of sp³-hybridized carbons (Fsp3) is 0.923. The van der Waals surface area contributed by atoms with Gasteiger partial charge in [0.2, 0.25) is 5.91 Å². The molecule has 0 aliphatic carbocycles. The molecule has 1 aliphatic rings. The van der Waals surface area contributed by atoms with Crippen LogP contribution in [0.2, 0.25) is 0 Å². The maximum Gasteiger partial charge on any atom is 0.237 e. The summed E-state index contributed by atoms with van der Waals surface area (Å²) < 4.78 is 10.8. The Morgan fingerprint density at radius 2 is 2.00 bits per heavy atom. The van der Waals surface area contributed by atoms with E-state index in [1.54, 1.807) is 0 Å². The van der Waals surface area contributed by atoms with Gasteiger partial charge in [0, 0.05) is 13.2 Å². The van der Waals surface area contributed by atoms with Crippen LogP contribution >= 0.6 is 0 Å². The minimum atomic E-state index is -0.338. The number of hydrogen-bond donors (Lipinski definition) is 2. The Balaban J connectivity index is 2.28. The van der Waals surface area contributed by atoms with Crippen molar-refractivity contribution in [1.82, 2.24) is 10.6 Å². The van der Waals surface area contributed by atoms with Gasteiger partial charge in [-0.05, 0) is 33.2 Å². The third kappa shape index (κ3) is 5.80. The molecule has 106 valence electrons. The first-order chi connectivity index (χ1) is 8.77. The van der Waals surface area contributed by atoms with Crippen LogP contribution in [0.1, 0.15) is 39.5 Å². The molecule has 1 unspecified atom stereocenters.